The first-order valence-electron chi connectivity index (χ1n) is 8.62. The zero-order valence-corrected chi connectivity index (χ0v) is 16.7. The highest BCUT2D eigenvalue weighted by molar-refractivity contribution is 8.15. The van der Waals surface area contributed by atoms with E-state index in [9.17, 15) is 9.59 Å². The molecule has 5 nitrogen and oxygen atoms in total. The number of amides is 1. The number of aryl methyl sites for hydroxylation is 1. The summed E-state index contributed by atoms with van der Waals surface area (Å²) in [6.45, 7) is 1.84. The van der Waals surface area contributed by atoms with Gasteiger partial charge in [0.25, 0.3) is 0 Å². The molecule has 0 saturated carbocycles. The van der Waals surface area contributed by atoms with E-state index in [1.54, 1.807) is 30.5 Å². The first kappa shape index (κ1) is 20.0. The third-order valence-electron chi connectivity index (χ3n) is 4.02. The Morgan fingerprint density at radius 2 is 2.04 bits per heavy atom. The molecule has 1 aliphatic rings. The van der Waals surface area contributed by atoms with Gasteiger partial charge < -0.3 is 5.32 Å². The number of allylic oxidation sites excluding steroid dienone is 1. The molecule has 0 aliphatic carbocycles. The van der Waals surface area contributed by atoms with Crippen LogP contribution in [-0.2, 0) is 4.79 Å². The average molecular weight is 412 g/mol. The topological polar surface area (TPSA) is 70.9 Å². The van der Waals surface area contributed by atoms with Crippen molar-refractivity contribution in [2.24, 2.45) is 10.2 Å². The van der Waals surface area contributed by atoms with Crippen LogP contribution in [0.25, 0.3) is 6.08 Å². The quantitative estimate of drug-likeness (QED) is 0.432. The fourth-order valence-electron chi connectivity index (χ4n) is 2.53. The van der Waals surface area contributed by atoms with Gasteiger partial charge in [0.1, 0.15) is 0 Å². The molecule has 1 atom stereocenters. The average Bonchev–Trinajstić information content (AvgIpc) is 3.03. The van der Waals surface area contributed by atoms with Crippen molar-refractivity contribution in [3.8, 4) is 0 Å². The van der Waals surface area contributed by atoms with Crippen LogP contribution in [0.4, 0.5) is 0 Å². The van der Waals surface area contributed by atoms with Gasteiger partial charge in [0, 0.05) is 23.2 Å². The lowest BCUT2D eigenvalue weighted by Gasteiger charge is -2.06. The molecule has 1 aliphatic heterocycles. The number of hydrogen-bond acceptors (Lipinski definition) is 5. The maximum atomic E-state index is 12.4. The standard InChI is InChI=1S/C21H18ClN3O2S/c1-14-12-16(9-10-17(14)22)18(26)13-19-20(27)24-21(28-19)25-23-11-5-8-15-6-3-2-4-7-15/h2-12,19H,13H2,1H3,(H,24,25,27)/b8-5-,23-11+. The molecular weight excluding hydrogens is 394 g/mol. The highest BCUT2D eigenvalue weighted by atomic mass is 35.5. The van der Waals surface area contributed by atoms with Gasteiger partial charge in [-0.3, -0.25) is 9.59 Å². The molecule has 1 N–H and O–H groups in total. The largest absolute Gasteiger partial charge is 0.303 e. The van der Waals surface area contributed by atoms with E-state index in [0.29, 0.717) is 15.8 Å². The number of nitrogens with one attached hydrogen (secondary N) is 1. The molecule has 2 aromatic carbocycles. The summed E-state index contributed by atoms with van der Waals surface area (Å²) in [5.74, 6) is -0.347. The van der Waals surface area contributed by atoms with Gasteiger partial charge in [0.15, 0.2) is 11.0 Å². The zero-order valence-electron chi connectivity index (χ0n) is 15.1. The first-order valence-corrected chi connectivity index (χ1v) is 9.88. The van der Waals surface area contributed by atoms with Crippen LogP contribution in [0.2, 0.25) is 5.02 Å². The van der Waals surface area contributed by atoms with E-state index in [0.717, 1.165) is 11.1 Å². The number of hydrogen-bond donors (Lipinski definition) is 1. The van der Waals surface area contributed by atoms with Crippen molar-refractivity contribution in [3.05, 3.63) is 76.3 Å². The van der Waals surface area contributed by atoms with Crippen LogP contribution >= 0.6 is 23.4 Å². The predicted octanol–water partition coefficient (Wildman–Crippen LogP) is 4.51. The van der Waals surface area contributed by atoms with Crippen LogP contribution < -0.4 is 5.32 Å². The number of rotatable bonds is 6. The van der Waals surface area contributed by atoms with E-state index in [2.05, 4.69) is 15.5 Å². The number of nitrogens with zero attached hydrogens (tertiary/aromatic N) is 2. The van der Waals surface area contributed by atoms with Crippen LogP contribution in [0.1, 0.15) is 27.9 Å². The Morgan fingerprint density at radius 1 is 1.25 bits per heavy atom. The number of carbonyl (C=O) groups is 2. The summed E-state index contributed by atoms with van der Waals surface area (Å²) in [7, 11) is 0. The Hall–Kier alpha value is -2.70. The van der Waals surface area contributed by atoms with Crippen LogP contribution in [0.3, 0.4) is 0 Å². The molecule has 3 rings (SSSR count). The van der Waals surface area contributed by atoms with Gasteiger partial charge in [-0.25, -0.2) is 0 Å². The molecule has 0 aromatic heterocycles. The van der Waals surface area contributed by atoms with Crippen LogP contribution in [0, 0.1) is 6.92 Å². The Morgan fingerprint density at radius 3 is 2.79 bits per heavy atom. The number of Topliss-reactive ketones (excluding diaryl/α,β-unsaturated/α-hetero) is 1. The van der Waals surface area contributed by atoms with E-state index in [1.165, 1.54) is 11.8 Å². The molecule has 28 heavy (non-hydrogen) atoms. The molecule has 1 saturated heterocycles. The molecule has 142 valence electrons. The number of amidine groups is 1. The number of thioether (sulfide) groups is 1. The lowest BCUT2D eigenvalue weighted by molar-refractivity contribution is -0.118. The lowest BCUT2D eigenvalue weighted by atomic mass is 10.0. The summed E-state index contributed by atoms with van der Waals surface area (Å²) in [6.07, 6.45) is 5.31. The second kappa shape index (κ2) is 9.48. The van der Waals surface area contributed by atoms with Gasteiger partial charge in [-0.15, -0.1) is 5.10 Å². The molecule has 0 bridgehead atoms. The minimum absolute atomic E-state index is 0.0915. The van der Waals surface area contributed by atoms with Gasteiger partial charge in [0.05, 0.1) is 5.25 Å². The predicted molar refractivity (Wildman–Crippen MR) is 116 cm³/mol. The van der Waals surface area contributed by atoms with Crippen molar-refractivity contribution in [1.82, 2.24) is 5.32 Å². The van der Waals surface area contributed by atoms with Crippen molar-refractivity contribution in [3.63, 3.8) is 0 Å². The minimum Gasteiger partial charge on any atom is -0.303 e. The molecule has 1 amide bonds. The number of benzene rings is 2. The highest BCUT2D eigenvalue weighted by Crippen LogP contribution is 2.25. The molecular formula is C21H18ClN3O2S. The summed E-state index contributed by atoms with van der Waals surface area (Å²) in [4.78, 5) is 24.5. The summed E-state index contributed by atoms with van der Waals surface area (Å²) < 4.78 is 0. The third kappa shape index (κ3) is 5.41. The van der Waals surface area contributed by atoms with Crippen molar-refractivity contribution in [2.75, 3.05) is 0 Å². The van der Waals surface area contributed by atoms with Crippen molar-refractivity contribution >= 4 is 52.5 Å². The third-order valence-corrected chi connectivity index (χ3v) is 5.51. The Labute approximate surface area is 172 Å². The van der Waals surface area contributed by atoms with Crippen LogP contribution in [-0.4, -0.2) is 28.3 Å². The summed E-state index contributed by atoms with van der Waals surface area (Å²) in [5.41, 5.74) is 2.43. The normalized spacial score (nSPS) is 18.3. The molecule has 2 aromatic rings. The van der Waals surface area contributed by atoms with Crippen molar-refractivity contribution in [1.29, 1.82) is 0 Å². The molecule has 7 heteroatoms. The number of ketones is 1. The lowest BCUT2D eigenvalue weighted by Crippen LogP contribution is -2.26. The molecule has 0 spiro atoms. The van der Waals surface area contributed by atoms with Gasteiger partial charge >= 0.3 is 0 Å². The fraction of sp³-hybridized carbons (Fsp3) is 0.143. The Bertz CT molecular complexity index is 971. The fourth-order valence-corrected chi connectivity index (χ4v) is 3.58. The van der Waals surface area contributed by atoms with E-state index in [4.69, 9.17) is 11.6 Å². The Balaban J connectivity index is 1.56. The van der Waals surface area contributed by atoms with Crippen LogP contribution in [0.15, 0.2) is 64.8 Å². The molecule has 1 fully saturated rings. The minimum atomic E-state index is -0.516. The SMILES string of the molecule is Cc1cc(C(=O)CC2S/C(=N/N=C/C=C\c3ccccc3)NC2=O)ccc1Cl. The van der Waals surface area contributed by atoms with E-state index in [1.807, 2.05) is 43.3 Å². The zero-order chi connectivity index (χ0) is 19.9. The maximum absolute atomic E-state index is 12.4. The summed E-state index contributed by atoms with van der Waals surface area (Å²) in [5, 5.41) is 11.1. The summed E-state index contributed by atoms with van der Waals surface area (Å²) in [6, 6.07) is 14.9. The highest BCUT2D eigenvalue weighted by Gasteiger charge is 2.32. The van der Waals surface area contributed by atoms with Crippen molar-refractivity contribution in [2.45, 2.75) is 18.6 Å². The smallest absolute Gasteiger partial charge is 0.240 e. The number of carbonyl (C=O) groups excluding carboxylic acids is 2. The van der Waals surface area contributed by atoms with Gasteiger partial charge in [-0.2, -0.15) is 5.10 Å². The van der Waals surface area contributed by atoms with Crippen molar-refractivity contribution < 1.29 is 9.59 Å². The molecule has 0 radical (unpaired) electrons. The van der Waals surface area contributed by atoms with Gasteiger partial charge in [0.2, 0.25) is 5.91 Å². The van der Waals surface area contributed by atoms with E-state index < -0.39 is 5.25 Å². The second-order valence-electron chi connectivity index (χ2n) is 6.13. The number of halogens is 1. The first-order chi connectivity index (χ1) is 13.5. The van der Waals surface area contributed by atoms with E-state index in [-0.39, 0.29) is 18.1 Å². The van der Waals surface area contributed by atoms with Gasteiger partial charge in [-0.1, -0.05) is 59.8 Å². The van der Waals surface area contributed by atoms with Crippen LogP contribution in [0.5, 0.6) is 0 Å². The summed E-state index contributed by atoms with van der Waals surface area (Å²) >= 11 is 7.20. The monoisotopic (exact) mass is 411 g/mol. The molecule has 1 heterocycles. The molecule has 1 unspecified atom stereocenters. The van der Waals surface area contributed by atoms with Gasteiger partial charge in [-0.05, 0) is 42.3 Å². The maximum Gasteiger partial charge on any atom is 0.240 e. The van der Waals surface area contributed by atoms with E-state index >= 15 is 0 Å². The Kier molecular flexibility index (Phi) is 6.79. The second-order valence-corrected chi connectivity index (χ2v) is 7.73.